The second-order valence-electron chi connectivity index (χ2n) is 6.18. The Bertz CT molecular complexity index is 857. The molecule has 3 rings (SSSR count). The van der Waals surface area contributed by atoms with Crippen LogP contribution in [-0.2, 0) is 4.74 Å². The van der Waals surface area contributed by atoms with Crippen LogP contribution in [0.25, 0.3) is 0 Å². The summed E-state index contributed by atoms with van der Waals surface area (Å²) in [5.74, 6) is -2.60. The minimum Gasteiger partial charge on any atom is -0.478 e. The zero-order chi connectivity index (χ0) is 18.8. The second kappa shape index (κ2) is 7.43. The summed E-state index contributed by atoms with van der Waals surface area (Å²) >= 11 is 6.02. The molecule has 1 N–H and O–H groups in total. The van der Waals surface area contributed by atoms with E-state index >= 15 is 0 Å². The van der Waals surface area contributed by atoms with E-state index in [9.17, 15) is 14.0 Å². The van der Waals surface area contributed by atoms with E-state index in [-0.39, 0.29) is 29.8 Å². The van der Waals surface area contributed by atoms with Gasteiger partial charge in [-0.1, -0.05) is 23.7 Å². The van der Waals surface area contributed by atoms with Gasteiger partial charge in [0.05, 0.1) is 30.3 Å². The molecular formula is C19H17ClFNO4. The molecule has 1 fully saturated rings. The van der Waals surface area contributed by atoms with Gasteiger partial charge in [0.25, 0.3) is 5.91 Å². The number of nitrogens with zero attached hydrogens (tertiary/aromatic N) is 1. The van der Waals surface area contributed by atoms with Crippen LogP contribution in [0.3, 0.4) is 0 Å². The first-order chi connectivity index (χ1) is 12.4. The summed E-state index contributed by atoms with van der Waals surface area (Å²) in [5.41, 5.74) is 0.475. The third kappa shape index (κ3) is 3.71. The standard InChI is InChI=1S/C19H17ClFNO4/c1-11-10-26-17(12-3-2-4-14(20)7-12)9-22(11)18(23)15-6-5-13(19(24)25)8-16(15)21/h2-8,11,17H,9-10H2,1H3,(H,24,25). The lowest BCUT2D eigenvalue weighted by Crippen LogP contribution is -2.48. The number of carboxylic acid groups (broad SMARTS) is 1. The topological polar surface area (TPSA) is 66.8 Å². The van der Waals surface area contributed by atoms with Crippen LogP contribution in [0.15, 0.2) is 42.5 Å². The third-order valence-electron chi connectivity index (χ3n) is 4.36. The summed E-state index contributed by atoms with van der Waals surface area (Å²) in [7, 11) is 0. The van der Waals surface area contributed by atoms with Crippen molar-refractivity contribution in [2.24, 2.45) is 0 Å². The highest BCUT2D eigenvalue weighted by Gasteiger charge is 2.32. The van der Waals surface area contributed by atoms with Crippen molar-refractivity contribution in [1.82, 2.24) is 4.90 Å². The van der Waals surface area contributed by atoms with E-state index < -0.39 is 17.7 Å². The number of benzene rings is 2. The molecule has 2 aromatic carbocycles. The van der Waals surface area contributed by atoms with Gasteiger partial charge in [0, 0.05) is 5.02 Å². The lowest BCUT2D eigenvalue weighted by molar-refractivity contribution is -0.0488. The fourth-order valence-corrected chi connectivity index (χ4v) is 3.12. The van der Waals surface area contributed by atoms with E-state index in [2.05, 4.69) is 0 Å². The molecule has 26 heavy (non-hydrogen) atoms. The predicted octanol–water partition coefficient (Wildman–Crippen LogP) is 3.78. The molecule has 5 nitrogen and oxygen atoms in total. The molecule has 0 aromatic heterocycles. The van der Waals surface area contributed by atoms with Gasteiger partial charge >= 0.3 is 5.97 Å². The van der Waals surface area contributed by atoms with Crippen LogP contribution >= 0.6 is 11.6 Å². The summed E-state index contributed by atoms with van der Waals surface area (Å²) < 4.78 is 20.1. The molecule has 2 unspecified atom stereocenters. The minimum atomic E-state index is -1.25. The van der Waals surface area contributed by atoms with E-state index in [1.54, 1.807) is 18.2 Å². The number of carbonyl (C=O) groups is 2. The van der Waals surface area contributed by atoms with Gasteiger partial charge in [0.2, 0.25) is 0 Å². The molecule has 0 radical (unpaired) electrons. The smallest absolute Gasteiger partial charge is 0.335 e. The van der Waals surface area contributed by atoms with Gasteiger partial charge < -0.3 is 14.7 Å². The van der Waals surface area contributed by atoms with Crippen LogP contribution in [0.4, 0.5) is 4.39 Å². The molecule has 7 heteroatoms. The van der Waals surface area contributed by atoms with Crippen molar-refractivity contribution in [2.75, 3.05) is 13.2 Å². The fourth-order valence-electron chi connectivity index (χ4n) is 2.92. The Morgan fingerprint density at radius 1 is 1.27 bits per heavy atom. The number of rotatable bonds is 3. The zero-order valence-electron chi connectivity index (χ0n) is 14.0. The number of carboxylic acids is 1. The first-order valence-corrected chi connectivity index (χ1v) is 8.45. The highest BCUT2D eigenvalue weighted by atomic mass is 35.5. The van der Waals surface area contributed by atoms with Crippen LogP contribution in [-0.4, -0.2) is 41.1 Å². The van der Waals surface area contributed by atoms with E-state index in [0.717, 1.165) is 11.6 Å². The quantitative estimate of drug-likeness (QED) is 0.884. The van der Waals surface area contributed by atoms with Crippen LogP contribution in [0, 0.1) is 5.82 Å². The van der Waals surface area contributed by atoms with Crippen molar-refractivity contribution in [3.8, 4) is 0 Å². The van der Waals surface area contributed by atoms with Crippen LogP contribution in [0.1, 0.15) is 39.3 Å². The Labute approximate surface area is 154 Å². The largest absolute Gasteiger partial charge is 0.478 e. The van der Waals surface area contributed by atoms with Crippen molar-refractivity contribution in [2.45, 2.75) is 19.1 Å². The Morgan fingerprint density at radius 2 is 2.04 bits per heavy atom. The summed E-state index contributed by atoms with van der Waals surface area (Å²) in [6, 6.07) is 10.2. The van der Waals surface area contributed by atoms with Crippen LogP contribution < -0.4 is 0 Å². The molecule has 1 amide bonds. The van der Waals surface area contributed by atoms with Crippen molar-refractivity contribution in [1.29, 1.82) is 0 Å². The Kier molecular flexibility index (Phi) is 5.25. The van der Waals surface area contributed by atoms with Gasteiger partial charge in [-0.3, -0.25) is 4.79 Å². The predicted molar refractivity (Wildman–Crippen MR) is 94.0 cm³/mol. The Morgan fingerprint density at radius 3 is 2.69 bits per heavy atom. The maximum Gasteiger partial charge on any atom is 0.335 e. The molecule has 1 saturated heterocycles. The molecule has 0 spiro atoms. The Hall–Kier alpha value is -2.44. The number of carbonyl (C=O) groups excluding carboxylic acids is 1. The van der Waals surface area contributed by atoms with E-state index in [0.29, 0.717) is 11.6 Å². The van der Waals surface area contributed by atoms with Gasteiger partial charge in [0.15, 0.2) is 0 Å². The number of aromatic carboxylic acids is 1. The maximum absolute atomic E-state index is 14.3. The van der Waals surface area contributed by atoms with Gasteiger partial charge in [-0.25, -0.2) is 9.18 Å². The zero-order valence-corrected chi connectivity index (χ0v) is 14.7. The molecule has 2 atom stereocenters. The van der Waals surface area contributed by atoms with Crippen LogP contribution in [0.5, 0.6) is 0 Å². The summed E-state index contributed by atoms with van der Waals surface area (Å²) in [6.07, 6.45) is -0.366. The molecule has 0 saturated carbocycles. The summed E-state index contributed by atoms with van der Waals surface area (Å²) in [5, 5.41) is 9.49. The number of hydrogen-bond donors (Lipinski definition) is 1. The molecule has 2 aromatic rings. The number of halogens is 2. The average Bonchev–Trinajstić information content (AvgIpc) is 2.61. The van der Waals surface area contributed by atoms with Gasteiger partial charge in [0.1, 0.15) is 11.9 Å². The normalized spacial score (nSPS) is 20.0. The van der Waals surface area contributed by atoms with Crippen molar-refractivity contribution in [3.05, 3.63) is 70.0 Å². The van der Waals surface area contributed by atoms with Crippen molar-refractivity contribution in [3.63, 3.8) is 0 Å². The van der Waals surface area contributed by atoms with Crippen molar-refractivity contribution >= 4 is 23.5 Å². The summed E-state index contributed by atoms with van der Waals surface area (Å²) in [4.78, 5) is 25.3. The molecule has 1 heterocycles. The number of morpholine rings is 1. The molecule has 1 aliphatic rings. The maximum atomic E-state index is 14.3. The number of ether oxygens (including phenoxy) is 1. The second-order valence-corrected chi connectivity index (χ2v) is 6.62. The SMILES string of the molecule is CC1COC(c2cccc(Cl)c2)CN1C(=O)c1ccc(C(=O)O)cc1F. The highest BCUT2D eigenvalue weighted by Crippen LogP contribution is 2.28. The van der Waals surface area contributed by atoms with Crippen molar-refractivity contribution < 1.29 is 23.8 Å². The molecule has 136 valence electrons. The van der Waals surface area contributed by atoms with E-state index in [1.807, 2.05) is 13.0 Å². The van der Waals surface area contributed by atoms with Gasteiger partial charge in [-0.2, -0.15) is 0 Å². The lowest BCUT2D eigenvalue weighted by atomic mass is 10.0. The van der Waals surface area contributed by atoms with E-state index in [4.69, 9.17) is 21.4 Å². The average molecular weight is 378 g/mol. The summed E-state index contributed by atoms with van der Waals surface area (Å²) in [6.45, 7) is 2.37. The third-order valence-corrected chi connectivity index (χ3v) is 4.60. The molecule has 1 aliphatic heterocycles. The first-order valence-electron chi connectivity index (χ1n) is 8.07. The van der Waals surface area contributed by atoms with E-state index in [1.165, 1.54) is 17.0 Å². The van der Waals surface area contributed by atoms with Crippen LogP contribution in [0.2, 0.25) is 5.02 Å². The highest BCUT2D eigenvalue weighted by molar-refractivity contribution is 6.30. The Balaban J connectivity index is 1.84. The van der Waals surface area contributed by atoms with Gasteiger partial charge in [-0.05, 0) is 42.8 Å². The molecule has 0 aliphatic carbocycles. The lowest BCUT2D eigenvalue weighted by Gasteiger charge is -2.38. The number of hydrogen-bond acceptors (Lipinski definition) is 3. The molecular weight excluding hydrogens is 361 g/mol. The number of amides is 1. The minimum absolute atomic E-state index is 0.159. The fraction of sp³-hybridized carbons (Fsp3) is 0.263. The van der Waals surface area contributed by atoms with Gasteiger partial charge in [-0.15, -0.1) is 0 Å². The monoisotopic (exact) mass is 377 g/mol. The first kappa shape index (κ1) is 18.4. The molecule has 0 bridgehead atoms.